The van der Waals surface area contributed by atoms with Crippen molar-refractivity contribution in [1.82, 2.24) is 9.80 Å². The first-order valence-corrected chi connectivity index (χ1v) is 5.22. The smallest absolute Gasteiger partial charge is 0.319 e. The lowest BCUT2D eigenvalue weighted by Crippen LogP contribution is -2.48. The molecule has 0 aromatic carbocycles. The molecule has 3 nitrogen and oxygen atoms in total. The van der Waals surface area contributed by atoms with Crippen LogP contribution in [0.2, 0.25) is 0 Å². The fourth-order valence-electron chi connectivity index (χ4n) is 1.65. The Morgan fingerprint density at radius 3 is 2.15 bits per heavy atom. The molecule has 1 saturated carbocycles. The molecule has 0 aromatic heterocycles. The van der Waals surface area contributed by atoms with Gasteiger partial charge in [-0.25, -0.2) is 4.79 Å². The van der Waals surface area contributed by atoms with Crippen molar-refractivity contribution in [2.75, 3.05) is 20.1 Å². The predicted molar refractivity (Wildman–Crippen MR) is 53.7 cm³/mol. The van der Waals surface area contributed by atoms with Gasteiger partial charge in [-0.1, -0.05) is 0 Å². The van der Waals surface area contributed by atoms with Gasteiger partial charge in [0.1, 0.15) is 0 Å². The second-order valence-corrected chi connectivity index (χ2v) is 3.65. The molecular formula is C10H20N2O. The van der Waals surface area contributed by atoms with Crippen LogP contribution >= 0.6 is 0 Å². The van der Waals surface area contributed by atoms with Crippen LogP contribution in [0.3, 0.4) is 0 Å². The second kappa shape index (κ2) is 4.49. The molecule has 1 aliphatic rings. The molecule has 0 N–H and O–H groups in total. The fourth-order valence-corrected chi connectivity index (χ4v) is 1.65. The lowest BCUT2D eigenvalue weighted by atomic mass is 9.92. The molecule has 13 heavy (non-hydrogen) atoms. The molecule has 2 amide bonds. The van der Waals surface area contributed by atoms with Crippen LogP contribution in [-0.4, -0.2) is 42.0 Å². The number of carbonyl (C=O) groups is 1. The first-order chi connectivity index (χ1) is 6.20. The Kier molecular flexibility index (Phi) is 3.58. The maximum Gasteiger partial charge on any atom is 0.319 e. The van der Waals surface area contributed by atoms with Crippen LogP contribution in [-0.2, 0) is 0 Å². The van der Waals surface area contributed by atoms with E-state index in [4.69, 9.17) is 0 Å². The zero-order valence-corrected chi connectivity index (χ0v) is 8.92. The van der Waals surface area contributed by atoms with Crippen molar-refractivity contribution < 1.29 is 4.79 Å². The summed E-state index contributed by atoms with van der Waals surface area (Å²) in [4.78, 5) is 15.6. The summed E-state index contributed by atoms with van der Waals surface area (Å²) < 4.78 is 0. The molecule has 0 aromatic rings. The van der Waals surface area contributed by atoms with Gasteiger partial charge in [-0.2, -0.15) is 0 Å². The van der Waals surface area contributed by atoms with Crippen LogP contribution < -0.4 is 0 Å². The molecule has 3 heteroatoms. The highest BCUT2D eigenvalue weighted by Crippen LogP contribution is 2.24. The number of amides is 2. The van der Waals surface area contributed by atoms with Crippen molar-refractivity contribution in [3.63, 3.8) is 0 Å². The molecule has 0 aliphatic heterocycles. The summed E-state index contributed by atoms with van der Waals surface area (Å²) in [5.74, 6) is 0. The quantitative estimate of drug-likeness (QED) is 0.657. The van der Waals surface area contributed by atoms with Gasteiger partial charge in [0.25, 0.3) is 0 Å². The summed E-state index contributed by atoms with van der Waals surface area (Å²) in [6, 6.07) is 0.697. The van der Waals surface area contributed by atoms with Gasteiger partial charge in [0, 0.05) is 26.2 Å². The van der Waals surface area contributed by atoms with E-state index in [1.807, 2.05) is 30.7 Å². The van der Waals surface area contributed by atoms with Crippen molar-refractivity contribution >= 4 is 6.03 Å². The van der Waals surface area contributed by atoms with Crippen LogP contribution in [0.15, 0.2) is 0 Å². The highest BCUT2D eigenvalue weighted by atomic mass is 16.2. The third-order valence-corrected chi connectivity index (χ3v) is 2.96. The van der Waals surface area contributed by atoms with Gasteiger partial charge < -0.3 is 9.80 Å². The average molecular weight is 184 g/mol. The standard InChI is InChI=1S/C10H20N2O/c1-4-12(5-2)10(13)11(3)9-7-6-8-9/h9H,4-8H2,1-3H3. The number of urea groups is 1. The average Bonchev–Trinajstić information content (AvgIpc) is 2.03. The minimum absolute atomic E-state index is 0.190. The van der Waals surface area contributed by atoms with Crippen LogP contribution in [0.25, 0.3) is 0 Å². The van der Waals surface area contributed by atoms with E-state index in [0.29, 0.717) is 6.04 Å². The van der Waals surface area contributed by atoms with Gasteiger partial charge in [-0.15, -0.1) is 0 Å². The summed E-state index contributed by atoms with van der Waals surface area (Å²) in [5, 5.41) is 0. The summed E-state index contributed by atoms with van der Waals surface area (Å²) in [6.07, 6.45) is 3.65. The minimum atomic E-state index is 0.190. The van der Waals surface area contributed by atoms with E-state index in [1.165, 1.54) is 19.3 Å². The Morgan fingerprint density at radius 1 is 1.31 bits per heavy atom. The highest BCUT2D eigenvalue weighted by Gasteiger charge is 2.27. The van der Waals surface area contributed by atoms with Gasteiger partial charge in [0.15, 0.2) is 0 Å². The minimum Gasteiger partial charge on any atom is -0.325 e. The van der Waals surface area contributed by atoms with E-state index in [1.54, 1.807) is 0 Å². The number of hydrogen-bond donors (Lipinski definition) is 0. The summed E-state index contributed by atoms with van der Waals surface area (Å²) in [5.41, 5.74) is 0. The molecule has 0 radical (unpaired) electrons. The molecule has 0 spiro atoms. The number of rotatable bonds is 3. The molecule has 0 bridgehead atoms. The SMILES string of the molecule is CCN(CC)C(=O)N(C)C1CCC1. The first kappa shape index (κ1) is 10.4. The Labute approximate surface area is 80.7 Å². The molecule has 0 atom stereocenters. The van der Waals surface area contributed by atoms with E-state index in [2.05, 4.69) is 0 Å². The molecule has 76 valence electrons. The fraction of sp³-hybridized carbons (Fsp3) is 0.900. The summed E-state index contributed by atoms with van der Waals surface area (Å²) >= 11 is 0. The summed E-state index contributed by atoms with van der Waals surface area (Å²) in [6.45, 7) is 5.67. The highest BCUT2D eigenvalue weighted by molar-refractivity contribution is 5.74. The van der Waals surface area contributed by atoms with Gasteiger partial charge in [0.05, 0.1) is 0 Å². The predicted octanol–water partition coefficient (Wildman–Crippen LogP) is 1.93. The normalized spacial score (nSPS) is 16.5. The van der Waals surface area contributed by atoms with Gasteiger partial charge in [-0.05, 0) is 33.1 Å². The molecule has 1 fully saturated rings. The topological polar surface area (TPSA) is 23.6 Å². The van der Waals surface area contributed by atoms with Crippen molar-refractivity contribution in [1.29, 1.82) is 0 Å². The Balaban J connectivity index is 2.44. The van der Waals surface area contributed by atoms with E-state index < -0.39 is 0 Å². The van der Waals surface area contributed by atoms with Crippen LogP contribution in [0.1, 0.15) is 33.1 Å². The maximum atomic E-state index is 11.8. The van der Waals surface area contributed by atoms with Gasteiger partial charge in [0.2, 0.25) is 0 Å². The largest absolute Gasteiger partial charge is 0.325 e. The van der Waals surface area contributed by atoms with Crippen molar-refractivity contribution in [3.8, 4) is 0 Å². The Morgan fingerprint density at radius 2 is 1.85 bits per heavy atom. The number of hydrogen-bond acceptors (Lipinski definition) is 1. The molecule has 1 aliphatic carbocycles. The zero-order chi connectivity index (χ0) is 9.84. The summed E-state index contributed by atoms with van der Waals surface area (Å²) in [7, 11) is 1.92. The Bertz CT molecular complexity index is 174. The first-order valence-electron chi connectivity index (χ1n) is 5.22. The van der Waals surface area contributed by atoms with E-state index in [0.717, 1.165) is 13.1 Å². The second-order valence-electron chi connectivity index (χ2n) is 3.65. The van der Waals surface area contributed by atoms with Crippen molar-refractivity contribution in [2.45, 2.75) is 39.2 Å². The van der Waals surface area contributed by atoms with E-state index >= 15 is 0 Å². The van der Waals surface area contributed by atoms with Gasteiger partial charge in [-0.3, -0.25) is 0 Å². The van der Waals surface area contributed by atoms with E-state index in [-0.39, 0.29) is 6.03 Å². The van der Waals surface area contributed by atoms with Crippen LogP contribution in [0.4, 0.5) is 4.79 Å². The molecule has 0 heterocycles. The molecule has 0 saturated heterocycles. The third kappa shape index (κ3) is 2.14. The lowest BCUT2D eigenvalue weighted by molar-refractivity contribution is 0.125. The van der Waals surface area contributed by atoms with Crippen molar-refractivity contribution in [2.24, 2.45) is 0 Å². The monoisotopic (exact) mass is 184 g/mol. The van der Waals surface area contributed by atoms with Crippen molar-refractivity contribution in [3.05, 3.63) is 0 Å². The molecule has 1 rings (SSSR count). The zero-order valence-electron chi connectivity index (χ0n) is 8.92. The van der Waals surface area contributed by atoms with Crippen LogP contribution in [0, 0.1) is 0 Å². The molecular weight excluding hydrogens is 164 g/mol. The Hall–Kier alpha value is -0.730. The lowest BCUT2D eigenvalue weighted by Gasteiger charge is -2.37. The maximum absolute atomic E-state index is 11.8. The number of carbonyl (C=O) groups excluding carboxylic acids is 1. The third-order valence-electron chi connectivity index (χ3n) is 2.96. The van der Waals surface area contributed by atoms with Gasteiger partial charge >= 0.3 is 6.03 Å². The van der Waals surface area contributed by atoms with E-state index in [9.17, 15) is 4.79 Å². The number of nitrogens with zero attached hydrogens (tertiary/aromatic N) is 2. The molecule has 0 unspecified atom stereocenters. The van der Waals surface area contributed by atoms with Crippen LogP contribution in [0.5, 0.6) is 0 Å².